The number of ether oxygens (including phenoxy) is 2. The van der Waals surface area contributed by atoms with Crippen LogP contribution >= 0.6 is 0 Å². The van der Waals surface area contributed by atoms with E-state index in [1.165, 1.54) is 11.2 Å². The lowest BCUT2D eigenvalue weighted by Gasteiger charge is -2.25. The van der Waals surface area contributed by atoms with Crippen LogP contribution in [0.1, 0.15) is 22.5 Å². The van der Waals surface area contributed by atoms with E-state index in [1.54, 1.807) is 26.4 Å². The number of aryl methyl sites for hydroxylation is 2. The number of carbonyl (C=O) groups excluding carboxylic acids is 2. The number of furan rings is 1. The first kappa shape index (κ1) is 21.8. The maximum Gasteiger partial charge on any atom is 0.278 e. The fourth-order valence-corrected chi connectivity index (χ4v) is 3.63. The zero-order valence-electron chi connectivity index (χ0n) is 17.9. The number of rotatable bonds is 10. The molecule has 1 aliphatic heterocycles. The van der Waals surface area contributed by atoms with Gasteiger partial charge in [-0.15, -0.1) is 0 Å². The number of methoxy groups -OCH3 is 2. The molecule has 0 unspecified atom stereocenters. The van der Waals surface area contributed by atoms with Crippen LogP contribution in [0, 0.1) is 13.8 Å². The van der Waals surface area contributed by atoms with E-state index in [2.05, 4.69) is 0 Å². The molecule has 0 atom stereocenters. The van der Waals surface area contributed by atoms with Crippen molar-refractivity contribution in [1.82, 2.24) is 9.80 Å². The van der Waals surface area contributed by atoms with Crippen molar-refractivity contribution < 1.29 is 23.5 Å². The number of amides is 2. The molecule has 0 radical (unpaired) electrons. The molecular formula is C23H28N2O5. The van der Waals surface area contributed by atoms with E-state index in [4.69, 9.17) is 13.9 Å². The zero-order valence-corrected chi connectivity index (χ0v) is 17.9. The summed E-state index contributed by atoms with van der Waals surface area (Å²) in [7, 11) is 3.22. The third kappa shape index (κ3) is 4.47. The minimum atomic E-state index is -0.335. The van der Waals surface area contributed by atoms with Crippen molar-refractivity contribution in [2.45, 2.75) is 20.4 Å². The number of carbonyl (C=O) groups is 2. The molecule has 1 aliphatic rings. The molecule has 2 aromatic rings. The first-order valence-corrected chi connectivity index (χ1v) is 9.91. The van der Waals surface area contributed by atoms with Gasteiger partial charge in [-0.2, -0.15) is 0 Å². The third-order valence-corrected chi connectivity index (χ3v) is 5.14. The highest BCUT2D eigenvalue weighted by molar-refractivity contribution is 6.35. The largest absolute Gasteiger partial charge is 0.467 e. The van der Waals surface area contributed by atoms with Gasteiger partial charge >= 0.3 is 0 Å². The lowest BCUT2D eigenvalue weighted by Crippen LogP contribution is -2.37. The van der Waals surface area contributed by atoms with Crippen LogP contribution in [0.2, 0.25) is 0 Å². The Labute approximate surface area is 176 Å². The average Bonchev–Trinajstić information content (AvgIpc) is 3.31. The van der Waals surface area contributed by atoms with Crippen LogP contribution < -0.4 is 0 Å². The van der Waals surface area contributed by atoms with E-state index in [1.807, 2.05) is 36.9 Å². The van der Waals surface area contributed by atoms with Crippen LogP contribution in [-0.2, 0) is 25.6 Å². The van der Waals surface area contributed by atoms with Gasteiger partial charge in [0, 0.05) is 27.3 Å². The van der Waals surface area contributed by atoms with Gasteiger partial charge in [-0.25, -0.2) is 0 Å². The smallest absolute Gasteiger partial charge is 0.278 e. The van der Waals surface area contributed by atoms with Crippen molar-refractivity contribution in [2.24, 2.45) is 0 Å². The molecule has 2 amide bonds. The lowest BCUT2D eigenvalue weighted by atomic mass is 9.97. The highest BCUT2D eigenvalue weighted by atomic mass is 16.5. The van der Waals surface area contributed by atoms with Crippen LogP contribution in [0.5, 0.6) is 0 Å². The summed E-state index contributed by atoms with van der Waals surface area (Å²) in [5.74, 6) is -0.102. The Morgan fingerprint density at radius 1 is 1.00 bits per heavy atom. The number of benzene rings is 1. The summed E-state index contributed by atoms with van der Waals surface area (Å²) in [4.78, 5) is 30.0. The average molecular weight is 412 g/mol. The van der Waals surface area contributed by atoms with Crippen LogP contribution in [0.25, 0.3) is 5.57 Å². The van der Waals surface area contributed by atoms with Crippen molar-refractivity contribution in [3.8, 4) is 0 Å². The number of hydrogen-bond donors (Lipinski definition) is 0. The van der Waals surface area contributed by atoms with E-state index >= 15 is 0 Å². The van der Waals surface area contributed by atoms with E-state index in [0.717, 1.165) is 16.7 Å². The molecule has 0 fully saturated rings. The fraction of sp³-hybridized carbons (Fsp3) is 0.391. The van der Waals surface area contributed by atoms with Gasteiger partial charge in [0.25, 0.3) is 11.8 Å². The van der Waals surface area contributed by atoms with E-state index in [-0.39, 0.29) is 18.4 Å². The molecule has 0 aliphatic carbocycles. The van der Waals surface area contributed by atoms with Crippen molar-refractivity contribution in [2.75, 3.05) is 40.5 Å². The van der Waals surface area contributed by atoms with Gasteiger partial charge in [0.15, 0.2) is 0 Å². The Kier molecular flexibility index (Phi) is 7.07. The first-order chi connectivity index (χ1) is 14.5. The maximum atomic E-state index is 13.5. The Bertz CT molecular complexity index is 925. The molecule has 2 heterocycles. The summed E-state index contributed by atoms with van der Waals surface area (Å²) in [6.45, 7) is 5.83. The molecule has 7 heteroatoms. The quantitative estimate of drug-likeness (QED) is 0.559. The van der Waals surface area contributed by atoms with Crippen molar-refractivity contribution in [3.63, 3.8) is 0 Å². The van der Waals surface area contributed by atoms with E-state index in [0.29, 0.717) is 43.3 Å². The second kappa shape index (κ2) is 9.73. The van der Waals surface area contributed by atoms with Crippen LogP contribution in [0.4, 0.5) is 0 Å². The van der Waals surface area contributed by atoms with Gasteiger partial charge in [0.1, 0.15) is 11.5 Å². The maximum absolute atomic E-state index is 13.5. The summed E-state index contributed by atoms with van der Waals surface area (Å²) in [5, 5.41) is 0. The highest BCUT2D eigenvalue weighted by Gasteiger charge is 2.42. The summed E-state index contributed by atoms with van der Waals surface area (Å²) in [5.41, 5.74) is 3.60. The van der Waals surface area contributed by atoms with Crippen molar-refractivity contribution in [1.29, 1.82) is 0 Å². The topological polar surface area (TPSA) is 72.2 Å². The number of nitrogens with zero attached hydrogens (tertiary/aromatic N) is 2. The SMILES string of the molecule is COCCN(CCOC)C1=C(c2ccc(C)cc2C)C(=O)N(Cc2ccco2)C1=O. The first-order valence-electron chi connectivity index (χ1n) is 9.91. The summed E-state index contributed by atoms with van der Waals surface area (Å²) < 4.78 is 15.9. The molecule has 0 N–H and O–H groups in total. The normalized spacial score (nSPS) is 14.2. The van der Waals surface area contributed by atoms with Crippen molar-refractivity contribution in [3.05, 3.63) is 64.7 Å². The molecule has 1 aromatic heterocycles. The molecule has 0 spiro atoms. The summed E-state index contributed by atoms with van der Waals surface area (Å²) in [6.07, 6.45) is 1.53. The Balaban J connectivity index is 2.08. The van der Waals surface area contributed by atoms with E-state index < -0.39 is 0 Å². The molecule has 0 bridgehead atoms. The predicted octanol–water partition coefficient (Wildman–Crippen LogP) is 2.77. The van der Waals surface area contributed by atoms with Crippen LogP contribution in [0.15, 0.2) is 46.7 Å². The second-order valence-electron chi connectivity index (χ2n) is 7.29. The van der Waals surface area contributed by atoms with Gasteiger partial charge in [-0.05, 0) is 37.1 Å². The minimum absolute atomic E-state index is 0.0883. The summed E-state index contributed by atoms with van der Waals surface area (Å²) >= 11 is 0. The molecule has 3 rings (SSSR count). The van der Waals surface area contributed by atoms with Gasteiger partial charge in [0.05, 0.1) is 31.6 Å². The van der Waals surface area contributed by atoms with Gasteiger partial charge in [-0.3, -0.25) is 14.5 Å². The molecule has 0 saturated carbocycles. The van der Waals surface area contributed by atoms with Gasteiger partial charge in [0.2, 0.25) is 0 Å². The Morgan fingerprint density at radius 2 is 1.70 bits per heavy atom. The third-order valence-electron chi connectivity index (χ3n) is 5.14. The minimum Gasteiger partial charge on any atom is -0.467 e. The zero-order chi connectivity index (χ0) is 21.7. The second-order valence-corrected chi connectivity index (χ2v) is 7.29. The fourth-order valence-electron chi connectivity index (χ4n) is 3.63. The number of hydrogen-bond acceptors (Lipinski definition) is 6. The molecule has 30 heavy (non-hydrogen) atoms. The number of imide groups is 1. The monoisotopic (exact) mass is 412 g/mol. The lowest BCUT2D eigenvalue weighted by molar-refractivity contribution is -0.138. The molecule has 160 valence electrons. The van der Waals surface area contributed by atoms with Crippen LogP contribution in [-0.4, -0.2) is 62.1 Å². The van der Waals surface area contributed by atoms with Crippen molar-refractivity contribution >= 4 is 17.4 Å². The highest BCUT2D eigenvalue weighted by Crippen LogP contribution is 2.34. The molecule has 7 nitrogen and oxygen atoms in total. The molecule has 0 saturated heterocycles. The van der Waals surface area contributed by atoms with E-state index in [9.17, 15) is 9.59 Å². The standard InChI is InChI=1S/C23H28N2O5/c1-16-7-8-19(17(2)14-16)20-21(24(9-12-28-3)10-13-29-4)23(27)25(22(20)26)15-18-6-5-11-30-18/h5-8,11,14H,9-10,12-13,15H2,1-4H3. The van der Waals surface area contributed by atoms with Crippen LogP contribution in [0.3, 0.4) is 0 Å². The predicted molar refractivity (Wildman–Crippen MR) is 112 cm³/mol. The Hall–Kier alpha value is -2.90. The molecule has 1 aromatic carbocycles. The molecular weight excluding hydrogens is 384 g/mol. The Morgan fingerprint density at radius 3 is 2.27 bits per heavy atom. The van der Waals surface area contributed by atoms with Gasteiger partial charge in [-0.1, -0.05) is 23.8 Å². The van der Waals surface area contributed by atoms with Gasteiger partial charge < -0.3 is 18.8 Å². The summed E-state index contributed by atoms with van der Waals surface area (Å²) in [6, 6.07) is 9.37.